The number of benzene rings is 1. The molecule has 2 aromatic rings. The molecule has 1 atom stereocenters. The highest BCUT2D eigenvalue weighted by Gasteiger charge is 2.14. The van der Waals surface area contributed by atoms with Crippen LogP contribution in [0.1, 0.15) is 29.1 Å². The highest BCUT2D eigenvalue weighted by Crippen LogP contribution is 2.18. The molecule has 124 valence electrons. The predicted octanol–water partition coefficient (Wildman–Crippen LogP) is 2.94. The number of aromatic amines is 1. The van der Waals surface area contributed by atoms with E-state index in [1.54, 1.807) is 24.3 Å². The van der Waals surface area contributed by atoms with Crippen molar-refractivity contribution in [3.8, 4) is 0 Å². The van der Waals surface area contributed by atoms with Crippen molar-refractivity contribution >= 4 is 39.3 Å². The van der Waals surface area contributed by atoms with E-state index in [-0.39, 0.29) is 23.3 Å². The first-order valence-electron chi connectivity index (χ1n) is 6.95. The van der Waals surface area contributed by atoms with E-state index in [1.807, 2.05) is 13.8 Å². The minimum atomic E-state index is -3.21. The summed E-state index contributed by atoms with van der Waals surface area (Å²) in [6.45, 7) is 3.75. The smallest absolute Gasteiger partial charge is 0.225 e. The number of thiazole rings is 1. The van der Waals surface area contributed by atoms with Gasteiger partial charge in [-0.05, 0) is 43.8 Å². The van der Waals surface area contributed by atoms with Crippen molar-refractivity contribution in [2.75, 3.05) is 6.26 Å². The number of hydrogen-bond acceptors (Lipinski definition) is 5. The summed E-state index contributed by atoms with van der Waals surface area (Å²) in [7, 11) is -3.21. The summed E-state index contributed by atoms with van der Waals surface area (Å²) >= 11 is 6.46. The predicted molar refractivity (Wildman–Crippen MR) is 94.1 cm³/mol. The van der Waals surface area contributed by atoms with Crippen molar-refractivity contribution in [3.63, 3.8) is 0 Å². The second kappa shape index (κ2) is 6.94. The van der Waals surface area contributed by atoms with E-state index in [0.29, 0.717) is 3.95 Å². The van der Waals surface area contributed by atoms with Gasteiger partial charge in [0, 0.05) is 16.8 Å². The quantitative estimate of drug-likeness (QED) is 0.793. The number of H-pyrrole nitrogens is 1. The lowest BCUT2D eigenvalue weighted by Gasteiger charge is -2.14. The number of sulfone groups is 1. The third-order valence-electron chi connectivity index (χ3n) is 3.43. The van der Waals surface area contributed by atoms with Crippen LogP contribution < -0.4 is 5.32 Å². The maximum absolute atomic E-state index is 12.1. The van der Waals surface area contributed by atoms with Crippen LogP contribution in [0.25, 0.3) is 0 Å². The van der Waals surface area contributed by atoms with Gasteiger partial charge in [0.25, 0.3) is 0 Å². The van der Waals surface area contributed by atoms with Crippen molar-refractivity contribution in [1.82, 2.24) is 10.3 Å². The summed E-state index contributed by atoms with van der Waals surface area (Å²) in [6, 6.07) is 6.33. The van der Waals surface area contributed by atoms with Crippen molar-refractivity contribution in [2.24, 2.45) is 0 Å². The molecule has 0 unspecified atom stereocenters. The molecule has 1 aromatic heterocycles. The van der Waals surface area contributed by atoms with Crippen molar-refractivity contribution < 1.29 is 13.2 Å². The van der Waals surface area contributed by atoms with Crippen LogP contribution in [-0.2, 0) is 21.1 Å². The largest absolute Gasteiger partial charge is 0.349 e. The molecule has 1 heterocycles. The van der Waals surface area contributed by atoms with E-state index in [1.165, 1.54) is 17.6 Å². The zero-order chi connectivity index (χ0) is 17.2. The Morgan fingerprint density at radius 1 is 1.35 bits per heavy atom. The Balaban J connectivity index is 2.03. The summed E-state index contributed by atoms with van der Waals surface area (Å²) in [6.07, 6.45) is 1.44. The van der Waals surface area contributed by atoms with Crippen LogP contribution >= 0.6 is 23.6 Å². The summed E-state index contributed by atoms with van der Waals surface area (Å²) in [5.41, 5.74) is 1.77. The molecular weight excluding hydrogens is 352 g/mol. The molecule has 0 saturated carbocycles. The number of carbonyl (C=O) groups excluding carboxylic acids is 1. The Kier molecular flexibility index (Phi) is 5.38. The maximum Gasteiger partial charge on any atom is 0.225 e. The summed E-state index contributed by atoms with van der Waals surface area (Å²) in [5, 5.41) is 2.91. The Labute approximate surface area is 144 Å². The highest BCUT2D eigenvalue weighted by atomic mass is 32.2. The Hall–Kier alpha value is -1.51. The molecular formula is C15H18N2O3S3. The lowest BCUT2D eigenvalue weighted by atomic mass is 10.1. The van der Waals surface area contributed by atoms with Crippen LogP contribution in [0.3, 0.4) is 0 Å². The van der Waals surface area contributed by atoms with Gasteiger partial charge in [0.2, 0.25) is 5.91 Å². The summed E-state index contributed by atoms with van der Waals surface area (Å²) in [4.78, 5) is 16.3. The number of rotatable bonds is 5. The van der Waals surface area contributed by atoms with E-state index in [2.05, 4.69) is 10.3 Å². The van der Waals surface area contributed by atoms with Gasteiger partial charge in [-0.2, -0.15) is 0 Å². The van der Waals surface area contributed by atoms with Gasteiger partial charge in [-0.3, -0.25) is 4.79 Å². The lowest BCUT2D eigenvalue weighted by Crippen LogP contribution is -2.28. The molecule has 1 amide bonds. The van der Waals surface area contributed by atoms with E-state index < -0.39 is 9.84 Å². The first-order chi connectivity index (χ1) is 10.7. The fourth-order valence-corrected chi connectivity index (χ4v) is 4.05. The zero-order valence-corrected chi connectivity index (χ0v) is 15.5. The number of hydrogen-bond donors (Lipinski definition) is 2. The van der Waals surface area contributed by atoms with Crippen molar-refractivity contribution in [3.05, 3.63) is 44.4 Å². The number of aryl methyl sites for hydroxylation is 1. The Bertz CT molecular complexity index is 864. The zero-order valence-electron chi connectivity index (χ0n) is 13.0. The molecule has 0 aliphatic heterocycles. The van der Waals surface area contributed by atoms with Gasteiger partial charge < -0.3 is 10.3 Å². The molecule has 0 aliphatic carbocycles. The standard InChI is InChI=1S/C15H18N2O3S3/c1-9(11-4-6-12(7-5-11)23(3,19)20)16-14(18)8-13-10(2)17-15(21)22-13/h4-7,9H,8H2,1-3H3,(H,16,18)(H,17,21)/t9-/m0/s1. The highest BCUT2D eigenvalue weighted by molar-refractivity contribution is 7.90. The van der Waals surface area contributed by atoms with E-state index >= 15 is 0 Å². The average molecular weight is 371 g/mol. The number of nitrogens with one attached hydrogen (secondary N) is 2. The van der Waals surface area contributed by atoms with Gasteiger partial charge in [0.15, 0.2) is 13.8 Å². The first kappa shape index (κ1) is 17.8. The molecule has 5 nitrogen and oxygen atoms in total. The molecule has 0 bridgehead atoms. The minimum Gasteiger partial charge on any atom is -0.349 e. The van der Waals surface area contributed by atoms with Crippen LogP contribution in [0.15, 0.2) is 29.2 Å². The van der Waals surface area contributed by atoms with E-state index in [9.17, 15) is 13.2 Å². The summed E-state index contributed by atoms with van der Waals surface area (Å²) < 4.78 is 23.6. The summed E-state index contributed by atoms with van der Waals surface area (Å²) in [5.74, 6) is -0.0990. The van der Waals surface area contributed by atoms with E-state index in [0.717, 1.165) is 16.1 Å². The molecule has 0 aliphatic rings. The molecule has 0 saturated heterocycles. The molecule has 23 heavy (non-hydrogen) atoms. The first-order valence-corrected chi connectivity index (χ1v) is 10.1. The van der Waals surface area contributed by atoms with Crippen molar-refractivity contribution in [1.29, 1.82) is 0 Å². The Morgan fingerprint density at radius 3 is 2.43 bits per heavy atom. The minimum absolute atomic E-state index is 0.0990. The normalized spacial score (nSPS) is 12.8. The molecule has 0 radical (unpaired) electrons. The third kappa shape index (κ3) is 4.73. The van der Waals surface area contributed by atoms with Gasteiger partial charge >= 0.3 is 0 Å². The fraction of sp³-hybridized carbons (Fsp3) is 0.333. The molecule has 2 rings (SSSR count). The number of aromatic nitrogens is 1. The van der Waals surface area contributed by atoms with Gasteiger partial charge in [-0.15, -0.1) is 11.3 Å². The van der Waals surface area contributed by atoms with Gasteiger partial charge in [-0.1, -0.05) is 12.1 Å². The topological polar surface area (TPSA) is 79.0 Å². The van der Waals surface area contributed by atoms with Crippen LogP contribution in [-0.4, -0.2) is 25.6 Å². The average Bonchev–Trinajstić information content (AvgIpc) is 2.75. The SMILES string of the molecule is Cc1[nH]c(=S)sc1CC(=O)N[C@@H](C)c1ccc(S(C)(=O)=O)cc1. The van der Waals surface area contributed by atoms with Crippen LogP contribution in [0, 0.1) is 10.9 Å². The van der Waals surface area contributed by atoms with Crippen LogP contribution in [0.2, 0.25) is 0 Å². The lowest BCUT2D eigenvalue weighted by molar-refractivity contribution is -0.121. The second-order valence-corrected chi connectivity index (χ2v) is 9.16. The molecule has 0 spiro atoms. The van der Waals surface area contributed by atoms with Gasteiger partial charge in [0.05, 0.1) is 17.4 Å². The second-order valence-electron chi connectivity index (χ2n) is 5.37. The van der Waals surface area contributed by atoms with Crippen molar-refractivity contribution in [2.45, 2.75) is 31.2 Å². The molecule has 8 heteroatoms. The molecule has 0 fully saturated rings. The number of carbonyl (C=O) groups is 1. The molecule has 1 aromatic carbocycles. The monoisotopic (exact) mass is 370 g/mol. The van der Waals surface area contributed by atoms with Crippen LogP contribution in [0.5, 0.6) is 0 Å². The van der Waals surface area contributed by atoms with Gasteiger partial charge in [0.1, 0.15) is 0 Å². The van der Waals surface area contributed by atoms with E-state index in [4.69, 9.17) is 12.2 Å². The van der Waals surface area contributed by atoms with Crippen LogP contribution in [0.4, 0.5) is 0 Å². The fourth-order valence-electron chi connectivity index (χ4n) is 2.13. The third-order valence-corrected chi connectivity index (χ3v) is 5.90. The maximum atomic E-state index is 12.1. The van der Waals surface area contributed by atoms with Gasteiger partial charge in [-0.25, -0.2) is 8.42 Å². The number of amides is 1. The molecule has 2 N–H and O–H groups in total. The Morgan fingerprint density at radius 2 is 1.96 bits per heavy atom.